The van der Waals surface area contributed by atoms with Crippen molar-refractivity contribution in [3.05, 3.63) is 71.7 Å². The van der Waals surface area contributed by atoms with Crippen LogP contribution in [0, 0.1) is 6.92 Å². The minimum absolute atomic E-state index is 0.187. The van der Waals surface area contributed by atoms with Gasteiger partial charge in [-0.05, 0) is 49.2 Å². The van der Waals surface area contributed by atoms with Gasteiger partial charge in [-0.25, -0.2) is 4.98 Å². The van der Waals surface area contributed by atoms with Crippen LogP contribution in [0.5, 0.6) is 0 Å². The zero-order chi connectivity index (χ0) is 20.9. The van der Waals surface area contributed by atoms with E-state index < -0.39 is 11.7 Å². The van der Waals surface area contributed by atoms with Crippen LogP contribution in [0.25, 0.3) is 0 Å². The molecule has 0 aliphatic heterocycles. The number of hydrogen-bond acceptors (Lipinski definition) is 4. The molecule has 0 fully saturated rings. The van der Waals surface area contributed by atoms with Crippen LogP contribution in [0.15, 0.2) is 55.0 Å². The Hall–Kier alpha value is -3.36. The molecule has 0 aliphatic carbocycles. The molecule has 152 valence electrons. The third kappa shape index (κ3) is 5.56. The van der Waals surface area contributed by atoms with E-state index in [9.17, 15) is 18.0 Å². The molecule has 3 aromatic rings. The molecular formula is C20H20F3N5O. The number of aromatic nitrogens is 3. The van der Waals surface area contributed by atoms with Crippen LogP contribution < -0.4 is 10.6 Å². The van der Waals surface area contributed by atoms with Gasteiger partial charge in [-0.15, -0.1) is 0 Å². The zero-order valence-electron chi connectivity index (χ0n) is 15.7. The normalized spacial score (nSPS) is 11.3. The maximum absolute atomic E-state index is 12.9. The summed E-state index contributed by atoms with van der Waals surface area (Å²) in [5.74, 6) is -0.170. The van der Waals surface area contributed by atoms with Crippen LogP contribution in [-0.2, 0) is 12.7 Å². The SMILES string of the molecule is Cc1cnn(CCCNC(=O)c2cccnc2Nc2cccc(C(F)(F)F)c2)c1. The zero-order valence-corrected chi connectivity index (χ0v) is 15.7. The summed E-state index contributed by atoms with van der Waals surface area (Å²) in [7, 11) is 0. The van der Waals surface area contributed by atoms with E-state index in [1.54, 1.807) is 23.0 Å². The van der Waals surface area contributed by atoms with Crippen molar-refractivity contribution in [1.29, 1.82) is 0 Å². The van der Waals surface area contributed by atoms with Crippen molar-refractivity contribution in [2.24, 2.45) is 0 Å². The summed E-state index contributed by atoms with van der Waals surface area (Å²) in [4.78, 5) is 16.6. The van der Waals surface area contributed by atoms with E-state index in [1.807, 2.05) is 13.1 Å². The van der Waals surface area contributed by atoms with Crippen LogP contribution in [0.2, 0.25) is 0 Å². The lowest BCUT2D eigenvalue weighted by Gasteiger charge is -2.13. The van der Waals surface area contributed by atoms with Crippen LogP contribution in [0.3, 0.4) is 0 Å². The van der Waals surface area contributed by atoms with Crippen molar-refractivity contribution in [3.63, 3.8) is 0 Å². The van der Waals surface area contributed by atoms with Crippen LogP contribution in [-0.4, -0.2) is 27.2 Å². The first-order valence-corrected chi connectivity index (χ1v) is 8.99. The molecule has 1 aromatic carbocycles. The Morgan fingerprint density at radius 3 is 2.76 bits per heavy atom. The summed E-state index contributed by atoms with van der Waals surface area (Å²) < 4.78 is 40.5. The molecule has 6 nitrogen and oxygen atoms in total. The number of halogens is 3. The van der Waals surface area contributed by atoms with Gasteiger partial charge >= 0.3 is 6.18 Å². The molecule has 0 radical (unpaired) electrons. The molecule has 3 rings (SSSR count). The molecule has 0 unspecified atom stereocenters. The summed E-state index contributed by atoms with van der Waals surface area (Å²) in [5.41, 5.74) is 0.731. The van der Waals surface area contributed by atoms with Crippen LogP contribution in [0.1, 0.15) is 27.9 Å². The molecule has 0 atom stereocenters. The number of anilines is 2. The fourth-order valence-electron chi connectivity index (χ4n) is 2.73. The predicted molar refractivity (Wildman–Crippen MR) is 103 cm³/mol. The van der Waals surface area contributed by atoms with E-state index in [0.29, 0.717) is 19.5 Å². The molecule has 29 heavy (non-hydrogen) atoms. The first-order chi connectivity index (χ1) is 13.8. The number of pyridine rings is 1. The van der Waals surface area contributed by atoms with Gasteiger partial charge in [0.05, 0.1) is 17.3 Å². The third-order valence-electron chi connectivity index (χ3n) is 4.12. The average Bonchev–Trinajstić information content (AvgIpc) is 3.10. The number of nitrogens with zero attached hydrogens (tertiary/aromatic N) is 3. The Morgan fingerprint density at radius 1 is 1.21 bits per heavy atom. The summed E-state index contributed by atoms with van der Waals surface area (Å²) in [5, 5.41) is 9.78. The lowest BCUT2D eigenvalue weighted by Crippen LogP contribution is -2.26. The average molecular weight is 403 g/mol. The summed E-state index contributed by atoms with van der Waals surface area (Å²) in [6.07, 6.45) is 1.38. The van der Waals surface area contributed by atoms with Crippen molar-refractivity contribution in [2.75, 3.05) is 11.9 Å². The Labute approximate surface area is 165 Å². The molecule has 9 heteroatoms. The Kier molecular flexibility index (Phi) is 6.16. The fraction of sp³-hybridized carbons (Fsp3) is 0.250. The molecule has 0 saturated heterocycles. The number of rotatable bonds is 7. The minimum Gasteiger partial charge on any atom is -0.352 e. The molecule has 0 saturated carbocycles. The maximum atomic E-state index is 12.9. The standard InChI is InChI=1S/C20H20F3N5O/c1-14-12-26-28(13-14)10-4-9-25-19(29)17-7-3-8-24-18(17)27-16-6-2-5-15(11-16)20(21,22)23/h2-3,5-8,11-13H,4,9-10H2,1H3,(H,24,27)(H,25,29). The summed E-state index contributed by atoms with van der Waals surface area (Å²) >= 11 is 0. The lowest BCUT2D eigenvalue weighted by atomic mass is 10.2. The number of hydrogen-bond donors (Lipinski definition) is 2. The largest absolute Gasteiger partial charge is 0.416 e. The van der Waals surface area contributed by atoms with Crippen molar-refractivity contribution < 1.29 is 18.0 Å². The Morgan fingerprint density at radius 2 is 2.03 bits per heavy atom. The van der Waals surface area contributed by atoms with E-state index in [4.69, 9.17) is 0 Å². The summed E-state index contributed by atoms with van der Waals surface area (Å²) in [6, 6.07) is 7.90. The monoisotopic (exact) mass is 403 g/mol. The van der Waals surface area contributed by atoms with Crippen molar-refractivity contribution in [3.8, 4) is 0 Å². The van der Waals surface area contributed by atoms with Gasteiger partial charge in [0.15, 0.2) is 0 Å². The highest BCUT2D eigenvalue weighted by Crippen LogP contribution is 2.31. The summed E-state index contributed by atoms with van der Waals surface area (Å²) in [6.45, 7) is 3.04. The second-order valence-corrected chi connectivity index (χ2v) is 6.49. The smallest absolute Gasteiger partial charge is 0.352 e. The van der Waals surface area contributed by atoms with Crippen LogP contribution >= 0.6 is 0 Å². The Bertz CT molecular complexity index is 984. The second-order valence-electron chi connectivity index (χ2n) is 6.49. The highest BCUT2D eigenvalue weighted by Gasteiger charge is 2.30. The van der Waals surface area contributed by atoms with Gasteiger partial charge in [0.1, 0.15) is 5.82 Å². The molecule has 0 bridgehead atoms. The topological polar surface area (TPSA) is 71.8 Å². The van der Waals surface area contributed by atoms with Gasteiger partial charge in [0.25, 0.3) is 5.91 Å². The van der Waals surface area contributed by atoms with E-state index >= 15 is 0 Å². The molecule has 0 spiro atoms. The first-order valence-electron chi connectivity index (χ1n) is 8.99. The first kappa shape index (κ1) is 20.4. The molecular weight excluding hydrogens is 383 g/mol. The molecule has 2 N–H and O–H groups in total. The van der Waals surface area contributed by atoms with Crippen molar-refractivity contribution in [1.82, 2.24) is 20.1 Å². The minimum atomic E-state index is -4.45. The van der Waals surface area contributed by atoms with Gasteiger partial charge in [0, 0.05) is 31.2 Å². The molecule has 0 aliphatic rings. The molecule has 2 aromatic heterocycles. The van der Waals surface area contributed by atoms with Gasteiger partial charge < -0.3 is 10.6 Å². The number of alkyl halides is 3. The van der Waals surface area contributed by atoms with Gasteiger partial charge in [-0.3, -0.25) is 9.48 Å². The number of nitrogens with one attached hydrogen (secondary N) is 2. The van der Waals surface area contributed by atoms with E-state index in [0.717, 1.165) is 17.7 Å². The van der Waals surface area contributed by atoms with Crippen molar-refractivity contribution in [2.45, 2.75) is 26.1 Å². The van der Waals surface area contributed by atoms with E-state index in [2.05, 4.69) is 20.7 Å². The quantitative estimate of drug-likeness (QED) is 0.581. The van der Waals surface area contributed by atoms with E-state index in [-0.39, 0.29) is 23.0 Å². The molecule has 2 heterocycles. The van der Waals surface area contributed by atoms with Gasteiger partial charge in [0.2, 0.25) is 0 Å². The second kappa shape index (κ2) is 8.76. The number of benzene rings is 1. The Balaban J connectivity index is 1.63. The van der Waals surface area contributed by atoms with Gasteiger partial charge in [-0.1, -0.05) is 6.07 Å². The number of aryl methyl sites for hydroxylation is 2. The van der Waals surface area contributed by atoms with Crippen molar-refractivity contribution >= 4 is 17.4 Å². The third-order valence-corrected chi connectivity index (χ3v) is 4.12. The van der Waals surface area contributed by atoms with Crippen LogP contribution in [0.4, 0.5) is 24.7 Å². The fourth-order valence-corrected chi connectivity index (χ4v) is 2.73. The highest BCUT2D eigenvalue weighted by atomic mass is 19.4. The number of carbonyl (C=O) groups excluding carboxylic acids is 1. The number of amides is 1. The predicted octanol–water partition coefficient (Wildman–Crippen LogP) is 4.17. The highest BCUT2D eigenvalue weighted by molar-refractivity contribution is 5.99. The lowest BCUT2D eigenvalue weighted by molar-refractivity contribution is -0.137. The maximum Gasteiger partial charge on any atom is 0.416 e. The van der Waals surface area contributed by atoms with Gasteiger partial charge in [-0.2, -0.15) is 18.3 Å². The molecule has 1 amide bonds. The van der Waals surface area contributed by atoms with E-state index in [1.165, 1.54) is 18.3 Å². The number of carbonyl (C=O) groups is 1.